The van der Waals surface area contributed by atoms with Gasteiger partial charge >= 0.3 is 12.1 Å². The Hall–Kier alpha value is -2.57. The maximum Gasteiger partial charge on any atom is 0.410 e. The minimum atomic E-state index is -0.911. The molecular weight excluding hydrogens is 382 g/mol. The van der Waals surface area contributed by atoms with Gasteiger partial charge in [-0.15, -0.1) is 0 Å². The van der Waals surface area contributed by atoms with E-state index in [-0.39, 0.29) is 12.1 Å². The summed E-state index contributed by atoms with van der Waals surface area (Å²) in [6, 6.07) is 1.99. The molecule has 1 atom stereocenters. The fourth-order valence-corrected chi connectivity index (χ4v) is 4.56. The van der Waals surface area contributed by atoms with Gasteiger partial charge in [0.05, 0.1) is 5.56 Å². The van der Waals surface area contributed by atoms with Crippen LogP contribution < -0.4 is 0 Å². The van der Waals surface area contributed by atoms with E-state index in [4.69, 9.17) is 4.74 Å². The van der Waals surface area contributed by atoms with Gasteiger partial charge < -0.3 is 19.3 Å². The molecule has 7 heteroatoms. The lowest BCUT2D eigenvalue weighted by Gasteiger charge is -2.36. The van der Waals surface area contributed by atoms with E-state index < -0.39 is 11.6 Å². The van der Waals surface area contributed by atoms with Crippen LogP contribution in [0, 0.1) is 12.8 Å². The van der Waals surface area contributed by atoms with Gasteiger partial charge in [0.25, 0.3) is 0 Å². The summed E-state index contributed by atoms with van der Waals surface area (Å²) >= 11 is 0. The Morgan fingerprint density at radius 3 is 2.47 bits per heavy atom. The molecule has 1 fully saturated rings. The van der Waals surface area contributed by atoms with Crippen LogP contribution in [-0.4, -0.2) is 50.3 Å². The van der Waals surface area contributed by atoms with Crippen LogP contribution in [0.3, 0.4) is 0 Å². The number of hydrogen-bond acceptors (Lipinski definition) is 4. The van der Waals surface area contributed by atoms with Gasteiger partial charge in [-0.05, 0) is 71.4 Å². The highest BCUT2D eigenvalue weighted by atomic mass is 16.6. The van der Waals surface area contributed by atoms with Crippen LogP contribution in [-0.2, 0) is 11.2 Å². The third-order valence-corrected chi connectivity index (χ3v) is 6.09. The Morgan fingerprint density at radius 1 is 1.30 bits per heavy atom. The fraction of sp³-hybridized carbons (Fsp3) is 0.609. The second-order valence-corrected chi connectivity index (χ2v) is 9.20. The Morgan fingerprint density at radius 2 is 1.93 bits per heavy atom. The fourth-order valence-electron chi connectivity index (χ4n) is 4.56. The number of carboxylic acid groups (broad SMARTS) is 1. The van der Waals surface area contributed by atoms with Gasteiger partial charge in [-0.3, -0.25) is 0 Å². The number of carbonyl (C=O) groups is 2. The molecule has 3 heterocycles. The number of pyridine rings is 1. The summed E-state index contributed by atoms with van der Waals surface area (Å²) in [6.45, 7) is 12.9. The summed E-state index contributed by atoms with van der Waals surface area (Å²) < 4.78 is 7.59. The van der Waals surface area contributed by atoms with Gasteiger partial charge in [0, 0.05) is 36.4 Å². The number of ether oxygens (including phenoxy) is 1. The van der Waals surface area contributed by atoms with Crippen LogP contribution in [0.25, 0.3) is 11.0 Å². The van der Waals surface area contributed by atoms with Gasteiger partial charge in [0.2, 0.25) is 0 Å². The number of carboxylic acids is 1. The number of carbonyl (C=O) groups excluding carboxylic acids is 1. The summed E-state index contributed by atoms with van der Waals surface area (Å²) in [5, 5.41) is 10.6. The molecule has 1 saturated heterocycles. The summed E-state index contributed by atoms with van der Waals surface area (Å²) in [6.07, 6.45) is 3.94. The standard InChI is InChI=1S/C23H33N3O4/c1-7-16-8-11-24-20-19(16)18(21(27)28)15(3)26(20)14(2)17-9-12-25(13-10-17)22(29)30-23(4,5)6/h8,11,14,17H,7,9-10,12-13H2,1-6H3,(H,27,28). The number of piperidine rings is 1. The number of rotatable bonds is 4. The first-order valence-corrected chi connectivity index (χ1v) is 10.7. The zero-order chi connectivity index (χ0) is 22.2. The predicted octanol–water partition coefficient (Wildman–Crippen LogP) is 4.81. The van der Waals surface area contributed by atoms with Gasteiger partial charge in [-0.25, -0.2) is 14.6 Å². The van der Waals surface area contributed by atoms with Crippen LogP contribution in [0.2, 0.25) is 0 Å². The van der Waals surface area contributed by atoms with E-state index in [9.17, 15) is 14.7 Å². The minimum Gasteiger partial charge on any atom is -0.478 e. The number of amides is 1. The molecule has 0 saturated carbocycles. The van der Waals surface area contributed by atoms with Crippen LogP contribution >= 0.6 is 0 Å². The number of aromatic carboxylic acids is 1. The Labute approximate surface area is 178 Å². The normalized spacial score (nSPS) is 16.7. The van der Waals surface area contributed by atoms with Crippen molar-refractivity contribution in [3.63, 3.8) is 0 Å². The second-order valence-electron chi connectivity index (χ2n) is 9.20. The average molecular weight is 416 g/mol. The van der Waals surface area contributed by atoms with Gasteiger partial charge in [0.1, 0.15) is 11.2 Å². The molecule has 3 rings (SSSR count). The van der Waals surface area contributed by atoms with E-state index in [0.717, 1.165) is 41.6 Å². The molecule has 164 valence electrons. The quantitative estimate of drug-likeness (QED) is 0.774. The molecule has 1 N–H and O–H groups in total. The van der Waals surface area contributed by atoms with Crippen molar-refractivity contribution in [3.8, 4) is 0 Å². The largest absolute Gasteiger partial charge is 0.478 e. The van der Waals surface area contributed by atoms with Crippen molar-refractivity contribution in [1.82, 2.24) is 14.5 Å². The van der Waals surface area contributed by atoms with Crippen LogP contribution in [0.15, 0.2) is 12.3 Å². The first kappa shape index (κ1) is 22.1. The number of likely N-dealkylation sites (tertiary alicyclic amines) is 1. The topological polar surface area (TPSA) is 84.7 Å². The molecule has 1 unspecified atom stereocenters. The van der Waals surface area contributed by atoms with E-state index in [2.05, 4.69) is 16.5 Å². The lowest BCUT2D eigenvalue weighted by Crippen LogP contribution is -2.42. The maximum atomic E-state index is 12.4. The van der Waals surface area contributed by atoms with E-state index in [1.165, 1.54) is 0 Å². The third-order valence-electron chi connectivity index (χ3n) is 6.09. The van der Waals surface area contributed by atoms with Crippen LogP contribution in [0.1, 0.15) is 75.1 Å². The Kier molecular flexibility index (Phi) is 6.11. The second kappa shape index (κ2) is 8.28. The number of hydrogen-bond donors (Lipinski definition) is 1. The molecule has 1 aliphatic rings. The van der Waals surface area contributed by atoms with Gasteiger partial charge in [0.15, 0.2) is 0 Å². The zero-order valence-corrected chi connectivity index (χ0v) is 18.9. The van der Waals surface area contributed by atoms with Crippen molar-refractivity contribution >= 4 is 23.1 Å². The highest BCUT2D eigenvalue weighted by Crippen LogP contribution is 2.36. The van der Waals surface area contributed by atoms with Gasteiger partial charge in [-0.2, -0.15) is 0 Å². The summed E-state index contributed by atoms with van der Waals surface area (Å²) in [5.74, 6) is -0.586. The van der Waals surface area contributed by atoms with Crippen molar-refractivity contribution in [1.29, 1.82) is 0 Å². The summed E-state index contributed by atoms with van der Waals surface area (Å²) in [5.41, 5.74) is 2.34. The molecule has 0 aliphatic carbocycles. The first-order chi connectivity index (χ1) is 14.0. The number of aromatic nitrogens is 2. The smallest absolute Gasteiger partial charge is 0.410 e. The zero-order valence-electron chi connectivity index (χ0n) is 18.9. The average Bonchev–Trinajstić information content (AvgIpc) is 2.98. The Balaban J connectivity index is 1.87. The molecule has 0 aromatic carbocycles. The highest BCUT2D eigenvalue weighted by Gasteiger charge is 2.32. The molecule has 2 aromatic rings. The van der Waals surface area contributed by atoms with E-state index >= 15 is 0 Å². The summed E-state index contributed by atoms with van der Waals surface area (Å²) in [4.78, 5) is 30.7. The predicted molar refractivity (Wildman–Crippen MR) is 116 cm³/mol. The molecule has 7 nitrogen and oxygen atoms in total. The molecule has 0 radical (unpaired) electrons. The number of fused-ring (bicyclic) bond motifs is 1. The summed E-state index contributed by atoms with van der Waals surface area (Å²) in [7, 11) is 0. The van der Waals surface area contributed by atoms with E-state index in [0.29, 0.717) is 24.6 Å². The first-order valence-electron chi connectivity index (χ1n) is 10.7. The van der Waals surface area contributed by atoms with Crippen molar-refractivity contribution in [3.05, 3.63) is 29.1 Å². The van der Waals surface area contributed by atoms with E-state index in [1.807, 2.05) is 40.7 Å². The number of aryl methyl sites for hydroxylation is 1. The Bertz CT molecular complexity index is 949. The van der Waals surface area contributed by atoms with Crippen molar-refractivity contribution in [2.24, 2.45) is 5.92 Å². The molecule has 1 aliphatic heterocycles. The molecular formula is C23H33N3O4. The minimum absolute atomic E-state index is 0.0843. The monoisotopic (exact) mass is 415 g/mol. The molecule has 0 bridgehead atoms. The maximum absolute atomic E-state index is 12.4. The lowest BCUT2D eigenvalue weighted by molar-refractivity contribution is 0.0165. The van der Waals surface area contributed by atoms with E-state index in [1.54, 1.807) is 11.1 Å². The molecule has 1 amide bonds. The highest BCUT2D eigenvalue weighted by molar-refractivity contribution is 6.05. The van der Waals surface area contributed by atoms with Crippen LogP contribution in [0.5, 0.6) is 0 Å². The third kappa shape index (κ3) is 4.16. The molecule has 30 heavy (non-hydrogen) atoms. The molecule has 2 aromatic heterocycles. The lowest BCUT2D eigenvalue weighted by atomic mass is 9.90. The SMILES string of the molecule is CCc1ccnc2c1c(C(=O)O)c(C)n2C(C)C1CCN(C(=O)OC(C)(C)C)CC1. The van der Waals surface area contributed by atoms with Crippen molar-refractivity contribution in [2.45, 2.75) is 72.4 Å². The van der Waals surface area contributed by atoms with Crippen molar-refractivity contribution < 1.29 is 19.4 Å². The van der Waals surface area contributed by atoms with Crippen LogP contribution in [0.4, 0.5) is 4.79 Å². The number of nitrogens with zero attached hydrogens (tertiary/aromatic N) is 3. The molecule has 0 spiro atoms. The van der Waals surface area contributed by atoms with Crippen molar-refractivity contribution in [2.75, 3.05) is 13.1 Å². The van der Waals surface area contributed by atoms with Gasteiger partial charge in [-0.1, -0.05) is 6.92 Å².